The molecule has 0 aliphatic heterocycles. The summed E-state index contributed by atoms with van der Waals surface area (Å²) in [4.78, 5) is 10.3. The van der Waals surface area contributed by atoms with Gasteiger partial charge >= 0.3 is 0 Å². The van der Waals surface area contributed by atoms with E-state index in [-0.39, 0.29) is 0 Å². The van der Waals surface area contributed by atoms with Crippen molar-refractivity contribution >= 4 is 6.41 Å². The number of hydrogen-bond donors (Lipinski definition) is 1. The van der Waals surface area contributed by atoms with Crippen LogP contribution in [0.1, 0.15) is 110 Å². The average Bonchev–Trinajstić information content (AvgIpc) is 2.65. The standard InChI is InChI=1S/C23H48N2O/c1-4-6-7-8-9-10-11-12-13-14-15-16-17-18-21-25(3,5-2)22-19-20-24-23-26/h23H,4-22H2,1-3H3/p+1. The lowest BCUT2D eigenvalue weighted by Gasteiger charge is -2.33. The van der Waals surface area contributed by atoms with Crippen LogP contribution >= 0.6 is 0 Å². The maximum Gasteiger partial charge on any atom is 0.207 e. The molecular weight excluding hydrogens is 320 g/mol. The number of quaternary nitrogens is 1. The van der Waals surface area contributed by atoms with E-state index in [1.54, 1.807) is 0 Å². The zero-order valence-corrected chi connectivity index (χ0v) is 18.4. The first-order chi connectivity index (χ1) is 12.7. The molecule has 0 aromatic carbocycles. The van der Waals surface area contributed by atoms with Gasteiger partial charge in [-0.05, 0) is 19.8 Å². The molecule has 1 N–H and O–H groups in total. The second-order valence-electron chi connectivity index (χ2n) is 8.40. The van der Waals surface area contributed by atoms with Crippen LogP contribution in [0.15, 0.2) is 0 Å². The topological polar surface area (TPSA) is 29.1 Å². The summed E-state index contributed by atoms with van der Waals surface area (Å²) in [6.45, 7) is 9.05. The first-order valence-electron chi connectivity index (χ1n) is 11.7. The second kappa shape index (κ2) is 19.2. The number of carbonyl (C=O) groups is 1. The summed E-state index contributed by atoms with van der Waals surface area (Å²) in [5.41, 5.74) is 0. The monoisotopic (exact) mass is 369 g/mol. The van der Waals surface area contributed by atoms with Gasteiger partial charge < -0.3 is 9.80 Å². The molecule has 1 amide bonds. The van der Waals surface area contributed by atoms with Crippen LogP contribution < -0.4 is 5.32 Å². The molecule has 0 spiro atoms. The molecule has 0 fully saturated rings. The summed E-state index contributed by atoms with van der Waals surface area (Å²) in [5, 5.41) is 2.77. The molecule has 0 aliphatic rings. The van der Waals surface area contributed by atoms with Crippen LogP contribution in [0.25, 0.3) is 0 Å². The fourth-order valence-corrected chi connectivity index (χ4v) is 3.74. The molecule has 0 rings (SSSR count). The molecule has 0 bridgehead atoms. The van der Waals surface area contributed by atoms with Crippen molar-refractivity contribution in [3.63, 3.8) is 0 Å². The lowest BCUT2D eigenvalue weighted by atomic mass is 10.0. The van der Waals surface area contributed by atoms with Gasteiger partial charge in [0.2, 0.25) is 6.41 Å². The van der Waals surface area contributed by atoms with Crippen LogP contribution in [-0.4, -0.2) is 44.1 Å². The fraction of sp³-hybridized carbons (Fsp3) is 0.957. The zero-order chi connectivity index (χ0) is 19.3. The smallest absolute Gasteiger partial charge is 0.207 e. The largest absolute Gasteiger partial charge is 0.358 e. The normalized spacial score (nSPS) is 13.5. The van der Waals surface area contributed by atoms with Gasteiger partial charge in [0.25, 0.3) is 0 Å². The summed E-state index contributed by atoms with van der Waals surface area (Å²) in [6, 6.07) is 0. The highest BCUT2D eigenvalue weighted by atomic mass is 16.1. The summed E-state index contributed by atoms with van der Waals surface area (Å²) in [5.74, 6) is 0. The summed E-state index contributed by atoms with van der Waals surface area (Å²) >= 11 is 0. The van der Waals surface area contributed by atoms with Crippen LogP contribution in [-0.2, 0) is 4.79 Å². The number of amides is 1. The predicted molar refractivity (Wildman–Crippen MR) is 115 cm³/mol. The Morgan fingerprint density at radius 1 is 0.654 bits per heavy atom. The number of hydrogen-bond acceptors (Lipinski definition) is 1. The maximum atomic E-state index is 10.3. The first-order valence-corrected chi connectivity index (χ1v) is 11.7. The lowest BCUT2D eigenvalue weighted by Crippen LogP contribution is -2.46. The zero-order valence-electron chi connectivity index (χ0n) is 18.4. The van der Waals surface area contributed by atoms with Crippen LogP contribution in [0.3, 0.4) is 0 Å². The van der Waals surface area contributed by atoms with Crippen LogP contribution in [0, 0.1) is 0 Å². The molecule has 3 nitrogen and oxygen atoms in total. The molecule has 0 saturated carbocycles. The molecule has 0 saturated heterocycles. The van der Waals surface area contributed by atoms with Crippen LogP contribution in [0.4, 0.5) is 0 Å². The molecule has 1 unspecified atom stereocenters. The SMILES string of the molecule is CCCCCCCCCCCCCCCC[N+](C)(CC)CCCNC=O. The average molecular weight is 370 g/mol. The van der Waals surface area contributed by atoms with Crippen molar-refractivity contribution in [2.75, 3.05) is 33.2 Å². The van der Waals surface area contributed by atoms with Gasteiger partial charge in [0, 0.05) is 13.0 Å². The molecule has 0 aliphatic carbocycles. The minimum Gasteiger partial charge on any atom is -0.358 e. The Morgan fingerprint density at radius 2 is 1.08 bits per heavy atom. The van der Waals surface area contributed by atoms with Crippen molar-refractivity contribution in [2.24, 2.45) is 0 Å². The van der Waals surface area contributed by atoms with Gasteiger partial charge in [0.15, 0.2) is 0 Å². The van der Waals surface area contributed by atoms with Crippen molar-refractivity contribution in [1.82, 2.24) is 5.32 Å². The van der Waals surface area contributed by atoms with Crippen LogP contribution in [0.5, 0.6) is 0 Å². The Balaban J connectivity index is 3.36. The van der Waals surface area contributed by atoms with E-state index in [0.717, 1.165) is 23.9 Å². The highest BCUT2D eigenvalue weighted by Crippen LogP contribution is 2.14. The van der Waals surface area contributed by atoms with Crippen LogP contribution in [0.2, 0.25) is 0 Å². The Hall–Kier alpha value is -0.570. The summed E-state index contributed by atoms with van der Waals surface area (Å²) < 4.78 is 1.15. The lowest BCUT2D eigenvalue weighted by molar-refractivity contribution is -0.908. The van der Waals surface area contributed by atoms with E-state index < -0.39 is 0 Å². The first kappa shape index (κ1) is 25.4. The van der Waals surface area contributed by atoms with Gasteiger partial charge in [-0.25, -0.2) is 0 Å². The fourth-order valence-electron chi connectivity index (χ4n) is 3.74. The minimum absolute atomic E-state index is 0.809. The van der Waals surface area contributed by atoms with E-state index in [9.17, 15) is 4.79 Å². The van der Waals surface area contributed by atoms with Crippen molar-refractivity contribution < 1.29 is 9.28 Å². The quantitative estimate of drug-likeness (QED) is 0.148. The third-order valence-corrected chi connectivity index (χ3v) is 5.92. The highest BCUT2D eigenvalue weighted by molar-refractivity contribution is 5.45. The van der Waals surface area contributed by atoms with Crippen molar-refractivity contribution in [2.45, 2.75) is 110 Å². The van der Waals surface area contributed by atoms with Crippen molar-refractivity contribution in [3.8, 4) is 0 Å². The molecule has 0 radical (unpaired) electrons. The molecule has 1 atom stereocenters. The van der Waals surface area contributed by atoms with Gasteiger partial charge in [-0.15, -0.1) is 0 Å². The third-order valence-electron chi connectivity index (χ3n) is 5.92. The molecular formula is C23H49N2O+. The molecule has 156 valence electrons. The van der Waals surface area contributed by atoms with Gasteiger partial charge in [-0.3, -0.25) is 4.79 Å². The molecule has 0 aromatic heterocycles. The Kier molecular flexibility index (Phi) is 18.8. The van der Waals surface area contributed by atoms with E-state index in [2.05, 4.69) is 26.2 Å². The molecule has 0 heterocycles. The summed E-state index contributed by atoms with van der Waals surface area (Å²) in [6.07, 6.45) is 21.9. The number of carbonyl (C=O) groups excluding carboxylic acids is 1. The van der Waals surface area contributed by atoms with Gasteiger partial charge in [-0.2, -0.15) is 0 Å². The Labute approximate surface area is 164 Å². The Morgan fingerprint density at radius 3 is 1.50 bits per heavy atom. The number of unbranched alkanes of at least 4 members (excludes halogenated alkanes) is 13. The van der Waals surface area contributed by atoms with E-state index in [1.807, 2.05) is 0 Å². The summed E-state index contributed by atoms with van der Waals surface area (Å²) in [7, 11) is 2.36. The number of nitrogens with zero attached hydrogens (tertiary/aromatic N) is 1. The predicted octanol–water partition coefficient (Wildman–Crippen LogP) is 6.07. The van der Waals surface area contributed by atoms with Gasteiger partial charge in [-0.1, -0.05) is 84.0 Å². The van der Waals surface area contributed by atoms with Gasteiger partial charge in [0.05, 0.1) is 26.7 Å². The number of nitrogens with one attached hydrogen (secondary N) is 1. The Bertz CT molecular complexity index is 296. The maximum absolute atomic E-state index is 10.3. The van der Waals surface area contributed by atoms with Gasteiger partial charge in [0.1, 0.15) is 0 Å². The molecule has 3 heteroatoms. The highest BCUT2D eigenvalue weighted by Gasteiger charge is 2.17. The van der Waals surface area contributed by atoms with E-state index >= 15 is 0 Å². The molecule has 26 heavy (non-hydrogen) atoms. The van der Waals surface area contributed by atoms with E-state index in [1.165, 1.54) is 110 Å². The molecule has 0 aromatic rings. The minimum atomic E-state index is 0.809. The third kappa shape index (κ3) is 16.9. The van der Waals surface area contributed by atoms with E-state index in [0.29, 0.717) is 0 Å². The van der Waals surface area contributed by atoms with Crippen molar-refractivity contribution in [3.05, 3.63) is 0 Å². The van der Waals surface area contributed by atoms with E-state index in [4.69, 9.17) is 0 Å². The number of rotatable bonds is 21. The second-order valence-corrected chi connectivity index (χ2v) is 8.40. The van der Waals surface area contributed by atoms with Crippen molar-refractivity contribution in [1.29, 1.82) is 0 Å².